The molecule has 0 spiro atoms. The van der Waals surface area contributed by atoms with Crippen LogP contribution in [0.4, 0.5) is 8.78 Å². The Morgan fingerprint density at radius 3 is 2.52 bits per heavy atom. The van der Waals surface area contributed by atoms with Crippen LogP contribution >= 0.6 is 11.8 Å². The first kappa shape index (κ1) is 14.8. The molecule has 2 bridgehead atoms. The lowest BCUT2D eigenvalue weighted by molar-refractivity contribution is 0.0895. The second-order valence-electron chi connectivity index (χ2n) is 5.82. The Morgan fingerprint density at radius 1 is 1.24 bits per heavy atom. The van der Waals surface area contributed by atoms with E-state index in [2.05, 4.69) is 0 Å². The zero-order valence-electron chi connectivity index (χ0n) is 11.9. The number of carbonyl (C=O) groups is 1. The Balaban J connectivity index is 1.83. The smallest absolute Gasteiger partial charge is 0.200 e. The summed E-state index contributed by atoms with van der Waals surface area (Å²) in [6.07, 6.45) is 5.25. The number of carbonyl (C=O) groups excluding carboxylic acids is 1. The van der Waals surface area contributed by atoms with Crippen LogP contribution in [0.15, 0.2) is 12.1 Å². The Hall–Kier alpha value is -1.10. The first-order chi connectivity index (χ1) is 10.1. The van der Waals surface area contributed by atoms with Crippen LogP contribution in [0, 0.1) is 17.6 Å². The summed E-state index contributed by atoms with van der Waals surface area (Å²) < 4.78 is 31.8. The molecular formula is C16H18F2O2S. The van der Waals surface area contributed by atoms with Crippen molar-refractivity contribution in [3.63, 3.8) is 0 Å². The van der Waals surface area contributed by atoms with Gasteiger partial charge in [0.15, 0.2) is 17.3 Å². The highest BCUT2D eigenvalue weighted by Crippen LogP contribution is 2.44. The lowest BCUT2D eigenvalue weighted by Crippen LogP contribution is -2.33. The molecule has 21 heavy (non-hydrogen) atoms. The Morgan fingerprint density at radius 2 is 1.90 bits per heavy atom. The minimum Gasteiger partial charge on any atom is -0.494 e. The fourth-order valence-corrected chi connectivity index (χ4v) is 5.20. The normalized spacial score (nSPS) is 28.2. The van der Waals surface area contributed by atoms with Crippen molar-refractivity contribution >= 4 is 17.5 Å². The van der Waals surface area contributed by atoms with E-state index in [-0.39, 0.29) is 23.0 Å². The van der Waals surface area contributed by atoms with Gasteiger partial charge in [0.1, 0.15) is 0 Å². The van der Waals surface area contributed by atoms with Crippen molar-refractivity contribution in [2.24, 2.45) is 5.92 Å². The number of Topliss-reactive ketones (excluding diaryl/α,β-unsaturated/α-hetero) is 1. The molecule has 0 saturated carbocycles. The largest absolute Gasteiger partial charge is 0.494 e. The number of fused-ring (bicyclic) bond motifs is 2. The summed E-state index contributed by atoms with van der Waals surface area (Å²) in [4.78, 5) is 12.6. The molecule has 0 radical (unpaired) electrons. The van der Waals surface area contributed by atoms with Gasteiger partial charge < -0.3 is 4.74 Å². The molecule has 114 valence electrons. The molecular weight excluding hydrogens is 294 g/mol. The standard InChI is InChI=1S/C16H18F2O2S/c1-20-14-8-10(7-13(17)15(14)18)16(19)9-5-11-3-2-4-12(6-9)21-11/h7-9,11-12H,2-6H2,1H3. The molecule has 2 fully saturated rings. The van der Waals surface area contributed by atoms with Gasteiger partial charge in [-0.15, -0.1) is 0 Å². The van der Waals surface area contributed by atoms with Crippen LogP contribution in [0.25, 0.3) is 0 Å². The van der Waals surface area contributed by atoms with Gasteiger partial charge >= 0.3 is 0 Å². The van der Waals surface area contributed by atoms with Crippen molar-refractivity contribution in [3.8, 4) is 5.75 Å². The zero-order valence-corrected chi connectivity index (χ0v) is 12.7. The van der Waals surface area contributed by atoms with Gasteiger partial charge in [-0.3, -0.25) is 4.79 Å². The quantitative estimate of drug-likeness (QED) is 0.782. The summed E-state index contributed by atoms with van der Waals surface area (Å²) in [7, 11) is 1.27. The first-order valence-electron chi connectivity index (χ1n) is 7.31. The van der Waals surface area contributed by atoms with Crippen LogP contribution in [0.1, 0.15) is 42.5 Å². The van der Waals surface area contributed by atoms with Crippen LogP contribution in [0.2, 0.25) is 0 Å². The number of methoxy groups -OCH3 is 1. The molecule has 5 heteroatoms. The van der Waals surface area contributed by atoms with E-state index in [1.54, 1.807) is 0 Å². The number of thioether (sulfide) groups is 1. The third-order valence-electron chi connectivity index (χ3n) is 4.40. The molecule has 1 aromatic carbocycles. The molecule has 0 amide bonds. The van der Waals surface area contributed by atoms with E-state index >= 15 is 0 Å². The van der Waals surface area contributed by atoms with Gasteiger partial charge in [-0.05, 0) is 37.8 Å². The second-order valence-corrected chi connectivity index (χ2v) is 7.42. The van der Waals surface area contributed by atoms with E-state index in [4.69, 9.17) is 4.74 Å². The number of ketones is 1. The molecule has 1 aromatic rings. The first-order valence-corrected chi connectivity index (χ1v) is 8.25. The Kier molecular flexibility index (Phi) is 4.20. The summed E-state index contributed by atoms with van der Waals surface area (Å²) in [6.45, 7) is 0. The maximum atomic E-state index is 13.6. The summed E-state index contributed by atoms with van der Waals surface area (Å²) >= 11 is 1.99. The highest BCUT2D eigenvalue weighted by molar-refractivity contribution is 8.00. The van der Waals surface area contributed by atoms with Crippen molar-refractivity contribution in [1.82, 2.24) is 0 Å². The lowest BCUT2D eigenvalue weighted by Gasteiger charge is -2.38. The van der Waals surface area contributed by atoms with Gasteiger partial charge in [0.2, 0.25) is 5.82 Å². The van der Waals surface area contributed by atoms with E-state index in [0.717, 1.165) is 31.7 Å². The third-order valence-corrected chi connectivity index (χ3v) is 6.03. The van der Waals surface area contributed by atoms with Crippen molar-refractivity contribution in [3.05, 3.63) is 29.3 Å². The zero-order chi connectivity index (χ0) is 15.0. The summed E-state index contributed by atoms with van der Waals surface area (Å²) in [6, 6.07) is 2.32. The number of ether oxygens (including phenoxy) is 1. The van der Waals surface area contributed by atoms with Gasteiger partial charge in [-0.1, -0.05) is 6.42 Å². The van der Waals surface area contributed by atoms with E-state index in [1.165, 1.54) is 19.6 Å². The molecule has 2 atom stereocenters. The summed E-state index contributed by atoms with van der Waals surface area (Å²) in [5.41, 5.74) is 0.223. The molecule has 2 aliphatic rings. The molecule has 3 rings (SSSR count). The van der Waals surface area contributed by atoms with Crippen molar-refractivity contribution in [1.29, 1.82) is 0 Å². The number of rotatable bonds is 3. The minimum atomic E-state index is -1.04. The Labute approximate surface area is 127 Å². The molecule has 2 heterocycles. The average molecular weight is 312 g/mol. The monoisotopic (exact) mass is 312 g/mol. The van der Waals surface area contributed by atoms with E-state index in [1.807, 2.05) is 11.8 Å². The lowest BCUT2D eigenvalue weighted by atomic mass is 9.84. The molecule has 0 aliphatic carbocycles. The Bertz CT molecular complexity index is 549. The van der Waals surface area contributed by atoms with Crippen LogP contribution in [-0.4, -0.2) is 23.4 Å². The molecule has 0 N–H and O–H groups in total. The molecule has 2 saturated heterocycles. The number of halogens is 2. The number of benzene rings is 1. The van der Waals surface area contributed by atoms with Gasteiger partial charge in [0.05, 0.1) is 7.11 Å². The fraction of sp³-hybridized carbons (Fsp3) is 0.562. The average Bonchev–Trinajstić information content (AvgIpc) is 2.48. The minimum absolute atomic E-state index is 0.0730. The SMILES string of the molecule is COc1cc(C(=O)C2CC3CCCC(C2)S3)cc(F)c1F. The molecule has 2 aliphatic heterocycles. The van der Waals surface area contributed by atoms with Gasteiger partial charge in [0.25, 0.3) is 0 Å². The predicted octanol–water partition coefficient (Wildman–Crippen LogP) is 4.22. The molecule has 2 nitrogen and oxygen atoms in total. The maximum absolute atomic E-state index is 13.6. The molecule has 2 unspecified atom stereocenters. The summed E-state index contributed by atoms with van der Waals surface area (Å²) in [5.74, 6) is -2.42. The van der Waals surface area contributed by atoms with E-state index in [9.17, 15) is 13.6 Å². The van der Waals surface area contributed by atoms with Gasteiger partial charge in [-0.25, -0.2) is 4.39 Å². The third kappa shape index (κ3) is 2.93. The van der Waals surface area contributed by atoms with Crippen molar-refractivity contribution < 1.29 is 18.3 Å². The predicted molar refractivity (Wildman–Crippen MR) is 79.0 cm³/mol. The van der Waals surface area contributed by atoms with Crippen LogP contribution < -0.4 is 4.74 Å². The topological polar surface area (TPSA) is 26.3 Å². The van der Waals surface area contributed by atoms with E-state index < -0.39 is 11.6 Å². The van der Waals surface area contributed by atoms with Crippen molar-refractivity contribution in [2.75, 3.05) is 7.11 Å². The number of hydrogen-bond donors (Lipinski definition) is 0. The number of hydrogen-bond acceptors (Lipinski definition) is 3. The second kappa shape index (κ2) is 5.95. The van der Waals surface area contributed by atoms with Crippen LogP contribution in [0.5, 0.6) is 5.75 Å². The highest BCUT2D eigenvalue weighted by atomic mass is 32.2. The molecule has 0 aromatic heterocycles. The van der Waals surface area contributed by atoms with Gasteiger partial charge in [-0.2, -0.15) is 16.2 Å². The van der Waals surface area contributed by atoms with Gasteiger partial charge in [0, 0.05) is 22.0 Å². The van der Waals surface area contributed by atoms with Crippen molar-refractivity contribution in [2.45, 2.75) is 42.6 Å². The van der Waals surface area contributed by atoms with E-state index in [0.29, 0.717) is 10.5 Å². The highest BCUT2D eigenvalue weighted by Gasteiger charge is 2.36. The fourth-order valence-electron chi connectivity index (χ4n) is 3.36. The van der Waals surface area contributed by atoms with Crippen LogP contribution in [0.3, 0.4) is 0 Å². The summed E-state index contributed by atoms with van der Waals surface area (Å²) in [5, 5.41) is 1.08. The van der Waals surface area contributed by atoms with Crippen LogP contribution in [-0.2, 0) is 0 Å². The maximum Gasteiger partial charge on any atom is 0.200 e.